The fourth-order valence-electron chi connectivity index (χ4n) is 2.84. The lowest BCUT2D eigenvalue weighted by Gasteiger charge is -2.16. The van der Waals surface area contributed by atoms with Gasteiger partial charge in [-0.25, -0.2) is 13.2 Å². The normalized spacial score (nSPS) is 13.5. The van der Waals surface area contributed by atoms with Crippen molar-refractivity contribution in [1.82, 2.24) is 15.3 Å². The molecule has 8 nitrogen and oxygen atoms in total. The maximum absolute atomic E-state index is 13.7. The van der Waals surface area contributed by atoms with E-state index in [1.165, 1.54) is 0 Å². The number of hydrogen-bond donors (Lipinski definition) is 4. The molecule has 1 aromatic carbocycles. The molecule has 2 amide bonds. The number of hydrogen-bond acceptors (Lipinski definition) is 5. The van der Waals surface area contributed by atoms with Gasteiger partial charge in [0.25, 0.3) is 11.8 Å². The molecular formula is C19H21F3N4O4. The van der Waals surface area contributed by atoms with Gasteiger partial charge in [-0.3, -0.25) is 19.1 Å². The topological polar surface area (TPSA) is 112 Å². The molecule has 0 radical (unpaired) electrons. The molecule has 30 heavy (non-hydrogen) atoms. The van der Waals surface area contributed by atoms with E-state index >= 15 is 0 Å². The number of carbonyl (C=O) groups excluding carboxylic acids is 2. The van der Waals surface area contributed by atoms with E-state index < -0.39 is 58.1 Å². The maximum atomic E-state index is 13.7. The Kier molecular flexibility index (Phi) is 7.09. The van der Waals surface area contributed by atoms with Crippen molar-refractivity contribution in [2.24, 2.45) is 0 Å². The highest BCUT2D eigenvalue weighted by Gasteiger charge is 2.25. The third-order valence-electron chi connectivity index (χ3n) is 4.35. The van der Waals surface area contributed by atoms with Crippen LogP contribution in [0.3, 0.4) is 0 Å². The maximum Gasteiger partial charge on any atom is 0.273 e. The number of nitrogens with one attached hydrogen (secondary N) is 3. The highest BCUT2D eigenvalue weighted by Crippen LogP contribution is 2.16. The summed E-state index contributed by atoms with van der Waals surface area (Å²) in [6, 6.07) is 0.921. The Morgan fingerprint density at radius 3 is 2.43 bits per heavy atom. The quantitative estimate of drug-likeness (QED) is 0.596. The zero-order chi connectivity index (χ0) is 21.1. The first-order valence-corrected chi connectivity index (χ1v) is 8.72. The van der Waals surface area contributed by atoms with Gasteiger partial charge in [0.15, 0.2) is 11.4 Å². The van der Waals surface area contributed by atoms with Crippen molar-refractivity contribution in [3.8, 4) is 5.75 Å². The number of aromatic hydroxyl groups is 1. The van der Waals surface area contributed by atoms with Gasteiger partial charge in [-0.15, -0.1) is 0 Å². The van der Waals surface area contributed by atoms with E-state index in [0.717, 1.165) is 10.9 Å². The Balaban J connectivity index is 0.00000320. The van der Waals surface area contributed by atoms with Crippen LogP contribution in [0, 0.1) is 17.5 Å². The molecule has 0 bridgehead atoms. The van der Waals surface area contributed by atoms with Gasteiger partial charge < -0.3 is 21.2 Å². The number of amides is 2. The standard InChI is InChI=1S/C18H17F3N4O4.CH4/c19-9-5-12(20)10(13(21)6-9)7-23-17(28)11-8-25-14(16(27)15(11)26)18(29)22-3-1-2-4-24-25;/h5-6,8,24,27H,1-4,7H2,(H,22,29)(H,23,28);1H4. The van der Waals surface area contributed by atoms with Crippen LogP contribution in [0.2, 0.25) is 0 Å². The summed E-state index contributed by atoms with van der Waals surface area (Å²) in [5.74, 6) is -6.18. The van der Waals surface area contributed by atoms with Crippen LogP contribution in [0.15, 0.2) is 23.1 Å². The molecule has 0 atom stereocenters. The first-order valence-electron chi connectivity index (χ1n) is 8.72. The second-order valence-corrected chi connectivity index (χ2v) is 6.34. The van der Waals surface area contributed by atoms with E-state index in [-0.39, 0.29) is 13.1 Å². The molecule has 11 heteroatoms. The van der Waals surface area contributed by atoms with Crippen molar-refractivity contribution in [2.75, 3.05) is 18.5 Å². The van der Waals surface area contributed by atoms with E-state index in [2.05, 4.69) is 16.1 Å². The van der Waals surface area contributed by atoms with Gasteiger partial charge in [-0.2, -0.15) is 0 Å². The summed E-state index contributed by atoms with van der Waals surface area (Å²) >= 11 is 0. The van der Waals surface area contributed by atoms with Crippen LogP contribution in [0.5, 0.6) is 5.75 Å². The van der Waals surface area contributed by atoms with E-state index in [9.17, 15) is 32.7 Å². The number of fused-ring (bicyclic) bond motifs is 1. The Bertz CT molecular complexity index is 1020. The zero-order valence-electron chi connectivity index (χ0n) is 15.0. The van der Waals surface area contributed by atoms with Crippen molar-refractivity contribution >= 4 is 11.8 Å². The summed E-state index contributed by atoms with van der Waals surface area (Å²) in [7, 11) is 0. The van der Waals surface area contributed by atoms with Crippen molar-refractivity contribution in [3.63, 3.8) is 0 Å². The molecule has 162 valence electrons. The molecule has 1 aliphatic heterocycles. The van der Waals surface area contributed by atoms with Crippen molar-refractivity contribution < 1.29 is 27.9 Å². The minimum Gasteiger partial charge on any atom is -0.502 e. The number of carbonyl (C=O) groups is 2. The largest absolute Gasteiger partial charge is 0.502 e. The molecule has 1 aromatic heterocycles. The molecule has 4 N–H and O–H groups in total. The predicted octanol–water partition coefficient (Wildman–Crippen LogP) is 1.60. The minimum atomic E-state index is -1.20. The molecule has 0 saturated heterocycles. The zero-order valence-corrected chi connectivity index (χ0v) is 15.0. The number of nitrogens with zero attached hydrogens (tertiary/aromatic N) is 1. The molecule has 2 aromatic rings. The second kappa shape index (κ2) is 9.33. The summed E-state index contributed by atoms with van der Waals surface area (Å²) in [6.45, 7) is 0.0924. The fourth-order valence-corrected chi connectivity index (χ4v) is 2.84. The van der Waals surface area contributed by atoms with Gasteiger partial charge in [-0.1, -0.05) is 7.43 Å². The Morgan fingerprint density at radius 2 is 1.77 bits per heavy atom. The number of benzene rings is 1. The van der Waals surface area contributed by atoms with Gasteiger partial charge in [0.2, 0.25) is 5.43 Å². The summed E-state index contributed by atoms with van der Waals surface area (Å²) < 4.78 is 41.4. The molecule has 2 heterocycles. The molecule has 0 unspecified atom stereocenters. The summed E-state index contributed by atoms with van der Waals surface area (Å²) in [5.41, 5.74) is 0.194. The van der Waals surface area contributed by atoms with Crippen LogP contribution >= 0.6 is 0 Å². The highest BCUT2D eigenvalue weighted by molar-refractivity contribution is 5.98. The van der Waals surface area contributed by atoms with E-state index in [1.54, 1.807) is 0 Å². The van der Waals surface area contributed by atoms with Crippen LogP contribution in [0.25, 0.3) is 0 Å². The molecular weight excluding hydrogens is 405 g/mol. The van der Waals surface area contributed by atoms with E-state index in [1.807, 2.05) is 0 Å². The lowest BCUT2D eigenvalue weighted by atomic mass is 10.1. The molecule has 0 saturated carbocycles. The first-order chi connectivity index (χ1) is 13.8. The number of aromatic nitrogens is 1. The fraction of sp³-hybridized carbons (Fsp3) is 0.316. The Hall–Kier alpha value is -3.50. The summed E-state index contributed by atoms with van der Waals surface area (Å²) in [6.07, 6.45) is 2.37. The summed E-state index contributed by atoms with van der Waals surface area (Å²) in [4.78, 5) is 37.0. The summed E-state index contributed by atoms with van der Waals surface area (Å²) in [5, 5.41) is 14.9. The first kappa shape index (κ1) is 22.8. The third-order valence-corrected chi connectivity index (χ3v) is 4.35. The van der Waals surface area contributed by atoms with Crippen LogP contribution in [-0.2, 0) is 6.54 Å². The molecule has 0 aliphatic carbocycles. The average molecular weight is 426 g/mol. The lowest BCUT2D eigenvalue weighted by molar-refractivity contribution is 0.0929. The van der Waals surface area contributed by atoms with Gasteiger partial charge in [-0.05, 0) is 12.8 Å². The second-order valence-electron chi connectivity index (χ2n) is 6.34. The van der Waals surface area contributed by atoms with Crippen molar-refractivity contribution in [3.05, 3.63) is 62.8 Å². The molecule has 0 fully saturated rings. The SMILES string of the molecule is C.O=C(NCc1c(F)cc(F)cc1F)c1cn2c(c(O)c1=O)C(=O)NCCCCN2. The van der Waals surface area contributed by atoms with E-state index in [0.29, 0.717) is 38.1 Å². The number of rotatable bonds is 3. The van der Waals surface area contributed by atoms with Gasteiger partial charge in [0.1, 0.15) is 23.0 Å². The lowest BCUT2D eigenvalue weighted by Crippen LogP contribution is -2.35. The molecule has 3 rings (SSSR count). The average Bonchev–Trinajstić information content (AvgIpc) is 2.74. The number of halogens is 3. The van der Waals surface area contributed by atoms with Gasteiger partial charge in [0.05, 0.1) is 0 Å². The van der Waals surface area contributed by atoms with Crippen LogP contribution in [0.4, 0.5) is 13.2 Å². The predicted molar refractivity (Wildman–Crippen MR) is 102 cm³/mol. The monoisotopic (exact) mass is 426 g/mol. The van der Waals surface area contributed by atoms with Crippen LogP contribution in [-0.4, -0.2) is 34.7 Å². The minimum absolute atomic E-state index is 0. The van der Waals surface area contributed by atoms with Crippen molar-refractivity contribution in [1.29, 1.82) is 0 Å². The highest BCUT2D eigenvalue weighted by atomic mass is 19.1. The Morgan fingerprint density at radius 1 is 1.13 bits per heavy atom. The van der Waals surface area contributed by atoms with Gasteiger partial charge >= 0.3 is 0 Å². The molecule has 1 aliphatic rings. The van der Waals surface area contributed by atoms with Gasteiger partial charge in [0, 0.05) is 43.5 Å². The third kappa shape index (κ3) is 4.56. The van der Waals surface area contributed by atoms with Crippen LogP contribution < -0.4 is 21.5 Å². The molecule has 0 spiro atoms. The van der Waals surface area contributed by atoms with Crippen LogP contribution in [0.1, 0.15) is 46.7 Å². The van der Waals surface area contributed by atoms with Crippen molar-refractivity contribution in [2.45, 2.75) is 26.8 Å². The van der Waals surface area contributed by atoms with E-state index in [4.69, 9.17) is 0 Å². The smallest absolute Gasteiger partial charge is 0.273 e. The Labute approximate surface area is 169 Å². The number of pyridine rings is 1.